The monoisotopic (exact) mass is 494 g/mol. The molecule has 1 N–H and O–H groups in total. The highest BCUT2D eigenvalue weighted by molar-refractivity contribution is 6.35. The minimum Gasteiger partial charge on any atom is -0.481 e. The van der Waals surface area contributed by atoms with Gasteiger partial charge in [0.25, 0.3) is 11.8 Å². The van der Waals surface area contributed by atoms with Gasteiger partial charge in [-0.2, -0.15) is 0 Å². The molecule has 2 heterocycles. The number of carbonyl (C=O) groups is 2. The maximum Gasteiger partial charge on any atom is 0.259 e. The molecule has 2 fully saturated rings. The number of nitrogens with zero attached hydrogens (tertiary/aromatic N) is 2. The van der Waals surface area contributed by atoms with Crippen molar-refractivity contribution in [1.82, 2.24) is 4.90 Å². The Bertz CT molecular complexity index is 1110. The zero-order chi connectivity index (χ0) is 23.3. The Morgan fingerprint density at radius 1 is 1.12 bits per heavy atom. The molecule has 10 heteroatoms. The Morgan fingerprint density at radius 3 is 2.55 bits per heavy atom. The van der Waals surface area contributed by atoms with Gasteiger partial charge >= 0.3 is 0 Å². The molecule has 2 aliphatic heterocycles. The minimum absolute atomic E-state index is 0.0226. The molecule has 2 aromatic rings. The second-order valence-corrected chi connectivity index (χ2v) is 9.28. The number of amides is 2. The topological polar surface area (TPSA) is 79.3 Å². The molecule has 7 nitrogen and oxygen atoms in total. The van der Waals surface area contributed by atoms with Gasteiger partial charge in [-0.05, 0) is 42.7 Å². The first-order valence-corrected chi connectivity index (χ1v) is 11.4. The van der Waals surface area contributed by atoms with Gasteiger partial charge in [-0.15, -0.1) is 0 Å². The number of hydrogen-bond acceptors (Lipinski definition) is 6. The summed E-state index contributed by atoms with van der Waals surface area (Å²) in [6.07, 6.45) is 0.249. The van der Waals surface area contributed by atoms with Crippen molar-refractivity contribution in [2.24, 2.45) is 0 Å². The maximum absolute atomic E-state index is 15.1. The third kappa shape index (κ3) is 4.22. The zero-order valence-corrected chi connectivity index (χ0v) is 19.0. The fourth-order valence-electron chi connectivity index (χ4n) is 4.79. The number of ether oxygens (including phenoxy) is 2. The molecule has 0 radical (unpaired) electrons. The fourth-order valence-corrected chi connectivity index (χ4v) is 5.38. The van der Waals surface area contributed by atoms with Crippen LogP contribution in [0.5, 0.6) is 5.75 Å². The number of hydrogen-bond donors (Lipinski definition) is 1. The summed E-state index contributed by atoms with van der Waals surface area (Å²) in [7, 11) is 0. The molecular weight excluding hydrogens is 474 g/mol. The van der Waals surface area contributed by atoms with Crippen molar-refractivity contribution in [3.63, 3.8) is 0 Å². The summed E-state index contributed by atoms with van der Waals surface area (Å²) >= 11 is 12.7. The Kier molecular flexibility index (Phi) is 6.05. The Balaban J connectivity index is 1.46. The Hall–Kier alpha value is -2.23. The van der Waals surface area contributed by atoms with Crippen LogP contribution in [0.4, 0.5) is 10.1 Å². The van der Waals surface area contributed by atoms with E-state index >= 15 is 4.39 Å². The van der Waals surface area contributed by atoms with E-state index in [1.165, 1.54) is 12.1 Å². The number of benzene rings is 2. The SMILES string of the molecule is O=C1COCC(=O)N1c1ccc(O[C@H]2c3cc(Cl)cc(Cl)c3C[C@H]2N2CC[C@@H](O)C2)c(F)c1. The maximum atomic E-state index is 15.1. The summed E-state index contributed by atoms with van der Waals surface area (Å²) in [5, 5.41) is 11.0. The van der Waals surface area contributed by atoms with Gasteiger partial charge in [0.05, 0.1) is 17.8 Å². The van der Waals surface area contributed by atoms with Crippen LogP contribution < -0.4 is 9.64 Å². The molecule has 0 spiro atoms. The molecule has 1 aliphatic carbocycles. The van der Waals surface area contributed by atoms with Gasteiger partial charge in [0.1, 0.15) is 19.3 Å². The molecule has 0 saturated carbocycles. The smallest absolute Gasteiger partial charge is 0.259 e. The number of β-amino-alcohol motifs (C(OH)–C–C–N with tert-alkyl or cyclic N) is 1. The van der Waals surface area contributed by atoms with Crippen LogP contribution in [0.1, 0.15) is 23.7 Å². The summed E-state index contributed by atoms with van der Waals surface area (Å²) in [4.78, 5) is 27.2. The van der Waals surface area contributed by atoms with E-state index in [1.54, 1.807) is 12.1 Å². The number of imide groups is 1. The zero-order valence-electron chi connectivity index (χ0n) is 17.5. The molecule has 0 bridgehead atoms. The number of carbonyl (C=O) groups excluding carboxylic acids is 2. The first kappa shape index (κ1) is 22.6. The van der Waals surface area contributed by atoms with Crippen LogP contribution in [0.3, 0.4) is 0 Å². The Morgan fingerprint density at radius 2 is 1.88 bits per heavy atom. The number of aliphatic hydroxyl groups excluding tert-OH is 1. The molecule has 3 atom stereocenters. The van der Waals surface area contributed by atoms with Crippen LogP contribution in [0.15, 0.2) is 30.3 Å². The van der Waals surface area contributed by atoms with Gasteiger partial charge in [-0.1, -0.05) is 23.2 Å². The van der Waals surface area contributed by atoms with Crippen molar-refractivity contribution in [1.29, 1.82) is 0 Å². The van der Waals surface area contributed by atoms with Crippen LogP contribution in [-0.2, 0) is 20.7 Å². The highest BCUT2D eigenvalue weighted by atomic mass is 35.5. The van der Waals surface area contributed by atoms with E-state index in [2.05, 4.69) is 4.90 Å². The van der Waals surface area contributed by atoms with Crippen LogP contribution in [0.25, 0.3) is 0 Å². The van der Waals surface area contributed by atoms with E-state index in [1.807, 2.05) is 0 Å². The molecule has 3 aliphatic rings. The molecular formula is C23H21Cl2FN2O5. The van der Waals surface area contributed by atoms with Gasteiger partial charge < -0.3 is 14.6 Å². The van der Waals surface area contributed by atoms with Crippen LogP contribution in [0, 0.1) is 5.82 Å². The number of aliphatic hydroxyl groups is 1. The van der Waals surface area contributed by atoms with E-state index in [4.69, 9.17) is 32.7 Å². The third-order valence-electron chi connectivity index (χ3n) is 6.31. The molecule has 5 rings (SSSR count). The second-order valence-electron chi connectivity index (χ2n) is 8.43. The summed E-state index contributed by atoms with van der Waals surface area (Å²) in [6.45, 7) is 0.699. The number of likely N-dealkylation sites (tertiary alicyclic amines) is 1. The predicted octanol–water partition coefficient (Wildman–Crippen LogP) is 3.13. The lowest BCUT2D eigenvalue weighted by Gasteiger charge is -2.30. The lowest BCUT2D eigenvalue weighted by Crippen LogP contribution is -2.46. The molecule has 33 heavy (non-hydrogen) atoms. The van der Waals surface area contributed by atoms with Gasteiger partial charge in [0.15, 0.2) is 11.6 Å². The highest BCUT2D eigenvalue weighted by Gasteiger charge is 2.42. The second kappa shape index (κ2) is 8.85. The van der Waals surface area contributed by atoms with Crippen molar-refractivity contribution in [2.75, 3.05) is 31.2 Å². The van der Waals surface area contributed by atoms with E-state index in [0.29, 0.717) is 36.0 Å². The summed E-state index contributed by atoms with van der Waals surface area (Å²) in [6, 6.07) is 7.26. The number of morpholine rings is 1. The van der Waals surface area contributed by atoms with Gasteiger partial charge in [0, 0.05) is 34.8 Å². The summed E-state index contributed by atoms with van der Waals surface area (Å²) in [5.74, 6) is -1.84. The molecule has 2 amide bonds. The van der Waals surface area contributed by atoms with E-state index in [9.17, 15) is 14.7 Å². The fraction of sp³-hybridized carbons (Fsp3) is 0.391. The standard InChI is InChI=1S/C23H21Cl2FN2O5/c24-12-5-16-15(17(25)6-12)8-19(27-4-3-14(29)9-27)23(16)33-20-2-1-13(7-18(20)26)28-21(30)10-32-11-22(28)31/h1-2,5-7,14,19,23,29H,3-4,8-11H2/t14-,19-,23+/m1/s1. The van der Waals surface area contributed by atoms with Crippen molar-refractivity contribution < 1.29 is 28.6 Å². The number of fused-ring (bicyclic) bond motifs is 1. The van der Waals surface area contributed by atoms with Crippen molar-refractivity contribution >= 4 is 40.7 Å². The van der Waals surface area contributed by atoms with E-state index in [0.717, 1.165) is 22.1 Å². The van der Waals surface area contributed by atoms with Crippen molar-refractivity contribution in [3.8, 4) is 5.75 Å². The van der Waals surface area contributed by atoms with Gasteiger partial charge in [-0.3, -0.25) is 14.5 Å². The number of halogens is 3. The third-order valence-corrected chi connectivity index (χ3v) is 6.86. The highest BCUT2D eigenvalue weighted by Crippen LogP contribution is 2.44. The quantitative estimate of drug-likeness (QED) is 0.657. The molecule has 174 valence electrons. The predicted molar refractivity (Wildman–Crippen MR) is 119 cm³/mol. The lowest BCUT2D eigenvalue weighted by atomic mass is 10.1. The first-order valence-electron chi connectivity index (χ1n) is 10.6. The van der Waals surface area contributed by atoms with Crippen molar-refractivity contribution in [3.05, 3.63) is 57.3 Å². The number of anilines is 1. The molecule has 0 aromatic heterocycles. The Labute approximate surface area is 199 Å². The first-order chi connectivity index (χ1) is 15.8. The summed E-state index contributed by atoms with van der Waals surface area (Å²) in [5.41, 5.74) is 1.79. The molecule has 2 aromatic carbocycles. The van der Waals surface area contributed by atoms with E-state index in [-0.39, 0.29) is 30.7 Å². The van der Waals surface area contributed by atoms with Crippen LogP contribution >= 0.6 is 23.2 Å². The average Bonchev–Trinajstić information content (AvgIpc) is 3.33. The van der Waals surface area contributed by atoms with E-state index < -0.39 is 29.8 Å². The van der Waals surface area contributed by atoms with Crippen molar-refractivity contribution in [2.45, 2.75) is 31.1 Å². The summed E-state index contributed by atoms with van der Waals surface area (Å²) < 4.78 is 26.2. The molecule has 0 unspecified atom stereocenters. The van der Waals surface area contributed by atoms with Crippen LogP contribution in [0.2, 0.25) is 10.0 Å². The largest absolute Gasteiger partial charge is 0.481 e. The lowest BCUT2D eigenvalue weighted by molar-refractivity contribution is -0.138. The van der Waals surface area contributed by atoms with Crippen LogP contribution in [-0.4, -0.2) is 60.3 Å². The van der Waals surface area contributed by atoms with Gasteiger partial charge in [-0.25, -0.2) is 9.29 Å². The van der Waals surface area contributed by atoms with Gasteiger partial charge in [0.2, 0.25) is 0 Å². The minimum atomic E-state index is -0.707. The number of rotatable bonds is 4. The average molecular weight is 495 g/mol. The normalized spacial score (nSPS) is 25.6. The molecule has 2 saturated heterocycles.